The van der Waals surface area contributed by atoms with Gasteiger partial charge in [-0.1, -0.05) is 17.4 Å². The number of rotatable bonds is 2. The van der Waals surface area contributed by atoms with Gasteiger partial charge in [0.1, 0.15) is 10.0 Å². The number of nitrogen functional groups attached to an aromatic ring is 1. The lowest BCUT2D eigenvalue weighted by atomic mass is 10.4. The molecule has 3 aromatic rings. The van der Waals surface area contributed by atoms with E-state index in [4.69, 9.17) is 5.73 Å². The van der Waals surface area contributed by atoms with Gasteiger partial charge in [-0.3, -0.25) is 0 Å². The summed E-state index contributed by atoms with van der Waals surface area (Å²) in [5.74, 6) is 0. The summed E-state index contributed by atoms with van der Waals surface area (Å²) in [7, 11) is 0. The van der Waals surface area contributed by atoms with Crippen molar-refractivity contribution in [1.82, 2.24) is 4.98 Å². The minimum Gasteiger partial charge on any atom is -0.389 e. The van der Waals surface area contributed by atoms with Gasteiger partial charge in [0.2, 0.25) is 0 Å². The van der Waals surface area contributed by atoms with Gasteiger partial charge in [0, 0.05) is 9.75 Å². The molecule has 2 nitrogen and oxygen atoms in total. The third-order valence-electron chi connectivity index (χ3n) is 2.10. The van der Waals surface area contributed by atoms with Crippen LogP contribution in [0.5, 0.6) is 0 Å². The Hall–Kier alpha value is -1.17. The second-order valence-electron chi connectivity index (χ2n) is 3.21. The molecule has 0 aliphatic carbocycles. The Balaban J connectivity index is 2.00. The van der Waals surface area contributed by atoms with E-state index in [9.17, 15) is 0 Å². The number of aromatic nitrogens is 1. The van der Waals surface area contributed by atoms with Crippen molar-refractivity contribution in [2.24, 2.45) is 0 Å². The number of anilines is 1. The van der Waals surface area contributed by atoms with Crippen LogP contribution in [0.25, 0.3) is 19.6 Å². The Morgan fingerprint density at radius 2 is 1.88 bits per heavy atom. The molecule has 3 aromatic heterocycles. The van der Waals surface area contributed by atoms with E-state index in [1.807, 2.05) is 0 Å². The fourth-order valence-electron chi connectivity index (χ4n) is 1.40. The summed E-state index contributed by atoms with van der Waals surface area (Å²) in [6.45, 7) is 0. The first kappa shape index (κ1) is 10.0. The molecule has 0 aliphatic heterocycles. The normalized spacial score (nSPS) is 10.8. The molecule has 0 aliphatic rings. The van der Waals surface area contributed by atoms with Crippen molar-refractivity contribution < 1.29 is 0 Å². The van der Waals surface area contributed by atoms with E-state index in [-0.39, 0.29) is 0 Å². The van der Waals surface area contributed by atoms with Crippen molar-refractivity contribution >= 4 is 39.0 Å². The topological polar surface area (TPSA) is 38.9 Å². The van der Waals surface area contributed by atoms with E-state index >= 15 is 0 Å². The van der Waals surface area contributed by atoms with Crippen LogP contribution in [0.1, 0.15) is 0 Å². The minimum absolute atomic E-state index is 0.765. The van der Waals surface area contributed by atoms with Gasteiger partial charge in [-0.15, -0.1) is 22.7 Å². The SMILES string of the molecule is Nc1cnc(-c2ccc(-c3cccs3)s2)s1. The summed E-state index contributed by atoms with van der Waals surface area (Å²) in [4.78, 5) is 8.07. The lowest BCUT2D eigenvalue weighted by Gasteiger charge is -1.88. The Morgan fingerprint density at radius 1 is 1.00 bits per heavy atom. The molecule has 80 valence electrons. The van der Waals surface area contributed by atoms with Crippen LogP contribution in [-0.4, -0.2) is 4.98 Å². The van der Waals surface area contributed by atoms with Crippen LogP contribution < -0.4 is 5.73 Å². The van der Waals surface area contributed by atoms with Crippen molar-refractivity contribution in [3.63, 3.8) is 0 Å². The smallest absolute Gasteiger partial charge is 0.135 e. The van der Waals surface area contributed by atoms with Gasteiger partial charge in [-0.05, 0) is 23.6 Å². The molecule has 0 saturated carbocycles. The standard InChI is InChI=1S/C11H8N2S3/c12-10-6-13-11(16-10)9-4-3-8(15-9)7-2-1-5-14-7/h1-6H,12H2. The van der Waals surface area contributed by atoms with E-state index in [0.717, 1.165) is 10.0 Å². The zero-order valence-electron chi connectivity index (χ0n) is 8.21. The maximum absolute atomic E-state index is 5.68. The molecular formula is C11H8N2S3. The first-order valence-corrected chi connectivity index (χ1v) is 7.19. The zero-order valence-corrected chi connectivity index (χ0v) is 10.7. The summed E-state index contributed by atoms with van der Waals surface area (Å²) in [6, 6.07) is 8.46. The number of hydrogen-bond acceptors (Lipinski definition) is 5. The highest BCUT2D eigenvalue weighted by molar-refractivity contribution is 7.26. The molecule has 0 unspecified atom stereocenters. The average Bonchev–Trinajstić information content (AvgIpc) is 2.97. The predicted octanol–water partition coefficient (Wildman–Crippen LogP) is 4.18. The van der Waals surface area contributed by atoms with Gasteiger partial charge >= 0.3 is 0 Å². The molecule has 0 radical (unpaired) electrons. The monoisotopic (exact) mass is 264 g/mol. The summed E-state index contributed by atoms with van der Waals surface area (Å²) in [6.07, 6.45) is 1.71. The van der Waals surface area contributed by atoms with E-state index in [0.29, 0.717) is 0 Å². The van der Waals surface area contributed by atoms with Gasteiger partial charge in [0.15, 0.2) is 0 Å². The van der Waals surface area contributed by atoms with Crippen LogP contribution in [0.15, 0.2) is 35.8 Å². The predicted molar refractivity (Wildman–Crippen MR) is 73.2 cm³/mol. The van der Waals surface area contributed by atoms with Crippen LogP contribution in [0.3, 0.4) is 0 Å². The van der Waals surface area contributed by atoms with E-state index in [1.165, 1.54) is 26.0 Å². The van der Waals surface area contributed by atoms with Crippen LogP contribution in [0, 0.1) is 0 Å². The summed E-state index contributed by atoms with van der Waals surface area (Å²) in [5.41, 5.74) is 5.68. The molecule has 0 fully saturated rings. The first-order chi connectivity index (χ1) is 7.83. The fourth-order valence-corrected chi connectivity index (χ4v) is 3.99. The van der Waals surface area contributed by atoms with E-state index in [2.05, 4.69) is 34.6 Å². The minimum atomic E-state index is 0.765. The molecule has 16 heavy (non-hydrogen) atoms. The summed E-state index contributed by atoms with van der Waals surface area (Å²) < 4.78 is 0. The van der Waals surface area contributed by atoms with Crippen LogP contribution in [0.4, 0.5) is 5.00 Å². The fraction of sp³-hybridized carbons (Fsp3) is 0. The quantitative estimate of drug-likeness (QED) is 0.754. The third-order valence-corrected chi connectivity index (χ3v) is 5.25. The lowest BCUT2D eigenvalue weighted by Crippen LogP contribution is -1.73. The highest BCUT2D eigenvalue weighted by Gasteiger charge is 2.08. The number of thiophene rings is 2. The van der Waals surface area contributed by atoms with Gasteiger partial charge in [-0.25, -0.2) is 4.98 Å². The average molecular weight is 264 g/mol. The molecule has 0 saturated heterocycles. The van der Waals surface area contributed by atoms with Gasteiger partial charge in [0.25, 0.3) is 0 Å². The van der Waals surface area contributed by atoms with Gasteiger partial charge in [-0.2, -0.15) is 0 Å². The van der Waals surface area contributed by atoms with E-state index < -0.39 is 0 Å². The molecule has 0 spiro atoms. The van der Waals surface area contributed by atoms with Crippen molar-refractivity contribution in [1.29, 1.82) is 0 Å². The maximum atomic E-state index is 5.68. The van der Waals surface area contributed by atoms with Crippen molar-refractivity contribution in [3.8, 4) is 19.6 Å². The molecular weight excluding hydrogens is 256 g/mol. The molecule has 3 heterocycles. The number of thiazole rings is 1. The Kier molecular flexibility index (Phi) is 2.51. The maximum Gasteiger partial charge on any atom is 0.135 e. The van der Waals surface area contributed by atoms with Gasteiger partial charge in [0.05, 0.1) is 11.1 Å². The second-order valence-corrected chi connectivity index (χ2v) is 6.30. The zero-order chi connectivity index (χ0) is 11.0. The summed E-state index contributed by atoms with van der Waals surface area (Å²) in [5, 5.41) is 3.86. The Bertz CT molecular complexity index is 592. The molecule has 0 atom stereocenters. The Morgan fingerprint density at radius 3 is 2.56 bits per heavy atom. The van der Waals surface area contributed by atoms with Crippen LogP contribution in [0.2, 0.25) is 0 Å². The molecule has 0 bridgehead atoms. The van der Waals surface area contributed by atoms with Crippen molar-refractivity contribution in [2.45, 2.75) is 0 Å². The number of nitrogens with zero attached hydrogens (tertiary/aromatic N) is 1. The first-order valence-electron chi connectivity index (χ1n) is 4.68. The molecule has 5 heteroatoms. The van der Waals surface area contributed by atoms with E-state index in [1.54, 1.807) is 28.9 Å². The highest BCUT2D eigenvalue weighted by atomic mass is 32.1. The number of hydrogen-bond donors (Lipinski definition) is 1. The highest BCUT2D eigenvalue weighted by Crippen LogP contribution is 2.38. The third kappa shape index (κ3) is 1.77. The van der Waals surface area contributed by atoms with Gasteiger partial charge < -0.3 is 5.73 Å². The lowest BCUT2D eigenvalue weighted by molar-refractivity contribution is 1.43. The largest absolute Gasteiger partial charge is 0.389 e. The molecule has 2 N–H and O–H groups in total. The van der Waals surface area contributed by atoms with Crippen LogP contribution >= 0.6 is 34.0 Å². The van der Waals surface area contributed by atoms with Crippen molar-refractivity contribution in [2.75, 3.05) is 5.73 Å². The molecule has 0 aromatic carbocycles. The molecule has 0 amide bonds. The van der Waals surface area contributed by atoms with Crippen LogP contribution in [-0.2, 0) is 0 Å². The summed E-state index contributed by atoms with van der Waals surface area (Å²) >= 11 is 5.05. The van der Waals surface area contributed by atoms with Crippen molar-refractivity contribution in [3.05, 3.63) is 35.8 Å². The Labute approximate surface area is 105 Å². The molecule has 3 rings (SSSR count). The number of nitrogens with two attached hydrogens (primary N) is 1. The second kappa shape index (κ2) is 4.01.